The van der Waals surface area contributed by atoms with Crippen molar-refractivity contribution in [3.63, 3.8) is 0 Å². The summed E-state index contributed by atoms with van der Waals surface area (Å²) in [6, 6.07) is 0. The first-order valence-electron chi connectivity index (χ1n) is 4.40. The number of nitrogen functional groups attached to an aromatic ring is 1. The van der Waals surface area contributed by atoms with Crippen LogP contribution in [0.3, 0.4) is 0 Å². The smallest absolute Gasteiger partial charge is 0.181 e. The topological polar surface area (TPSA) is 38.9 Å². The number of hydrogen-bond donors (Lipinski definition) is 1. The lowest BCUT2D eigenvalue weighted by Gasteiger charge is -2.13. The highest BCUT2D eigenvalue weighted by molar-refractivity contribution is 8.01. The van der Waals surface area contributed by atoms with Crippen LogP contribution in [-0.2, 0) is 0 Å². The SMILES string of the molecule is Cc1nc(N)sc1SC(C)C(C)C. The largest absolute Gasteiger partial charge is 0.375 e. The Bertz CT molecular complexity index is 281. The Morgan fingerprint density at radius 2 is 2.00 bits per heavy atom. The number of nitrogens with two attached hydrogens (primary N) is 1. The van der Waals surface area contributed by atoms with Crippen molar-refractivity contribution in [3.05, 3.63) is 5.69 Å². The van der Waals surface area contributed by atoms with Gasteiger partial charge < -0.3 is 5.73 Å². The quantitative estimate of drug-likeness (QED) is 0.789. The maximum absolute atomic E-state index is 5.63. The van der Waals surface area contributed by atoms with Crippen LogP contribution in [0.5, 0.6) is 0 Å². The lowest BCUT2D eigenvalue weighted by molar-refractivity contribution is 0.642. The molecule has 0 spiro atoms. The number of anilines is 1. The Morgan fingerprint density at radius 1 is 1.38 bits per heavy atom. The first-order valence-corrected chi connectivity index (χ1v) is 6.10. The van der Waals surface area contributed by atoms with Crippen molar-refractivity contribution in [2.24, 2.45) is 5.92 Å². The van der Waals surface area contributed by atoms with Gasteiger partial charge in [-0.3, -0.25) is 0 Å². The fourth-order valence-electron chi connectivity index (χ4n) is 0.817. The normalized spacial score (nSPS) is 13.6. The van der Waals surface area contributed by atoms with Crippen molar-refractivity contribution in [2.45, 2.75) is 37.2 Å². The number of nitrogens with zero attached hydrogens (tertiary/aromatic N) is 1. The molecule has 0 aliphatic heterocycles. The zero-order valence-electron chi connectivity index (χ0n) is 8.50. The fourth-order valence-corrected chi connectivity index (χ4v) is 3.11. The molecule has 0 radical (unpaired) electrons. The van der Waals surface area contributed by atoms with Crippen LogP contribution in [0.4, 0.5) is 5.13 Å². The van der Waals surface area contributed by atoms with Crippen LogP contribution in [0.25, 0.3) is 0 Å². The standard InChI is InChI=1S/C9H16N2S2/c1-5(2)7(4)12-8-6(3)11-9(10)13-8/h5,7H,1-4H3,(H2,10,11). The van der Waals surface area contributed by atoms with Crippen LogP contribution in [0.1, 0.15) is 26.5 Å². The molecule has 0 bridgehead atoms. The molecule has 1 aromatic rings. The Labute approximate surface area is 87.9 Å². The second-order valence-electron chi connectivity index (χ2n) is 3.49. The summed E-state index contributed by atoms with van der Waals surface area (Å²) >= 11 is 3.46. The molecule has 0 aromatic carbocycles. The van der Waals surface area contributed by atoms with Crippen LogP contribution in [0, 0.1) is 12.8 Å². The minimum atomic E-state index is 0.624. The molecule has 2 N–H and O–H groups in total. The number of aromatic nitrogens is 1. The molecule has 4 heteroatoms. The highest BCUT2D eigenvalue weighted by Gasteiger charge is 2.13. The van der Waals surface area contributed by atoms with Crippen molar-refractivity contribution in [3.8, 4) is 0 Å². The van der Waals surface area contributed by atoms with Crippen LogP contribution in [0.15, 0.2) is 4.21 Å². The molecule has 1 heterocycles. The third-order valence-electron chi connectivity index (χ3n) is 2.00. The predicted octanol–water partition coefficient (Wildman–Crippen LogP) is 3.17. The Hall–Kier alpha value is -0.220. The average molecular weight is 216 g/mol. The summed E-state index contributed by atoms with van der Waals surface area (Å²) in [7, 11) is 0. The number of aryl methyl sites for hydroxylation is 1. The number of hydrogen-bond acceptors (Lipinski definition) is 4. The van der Waals surface area contributed by atoms with Gasteiger partial charge in [-0.15, -0.1) is 11.8 Å². The van der Waals surface area contributed by atoms with E-state index in [-0.39, 0.29) is 0 Å². The zero-order chi connectivity index (χ0) is 10.0. The summed E-state index contributed by atoms with van der Waals surface area (Å²) in [5, 5.41) is 1.30. The molecule has 0 saturated carbocycles. The molecule has 0 amide bonds. The van der Waals surface area contributed by atoms with Crippen LogP contribution < -0.4 is 5.73 Å². The van der Waals surface area contributed by atoms with Crippen LogP contribution >= 0.6 is 23.1 Å². The summed E-state index contributed by atoms with van der Waals surface area (Å²) in [6.07, 6.45) is 0. The first-order chi connectivity index (χ1) is 6.00. The molecular formula is C9H16N2S2. The molecule has 1 aromatic heterocycles. The summed E-state index contributed by atoms with van der Waals surface area (Å²) in [5.74, 6) is 0.688. The van der Waals surface area contributed by atoms with E-state index in [0.29, 0.717) is 16.3 Å². The molecule has 0 saturated heterocycles. The van der Waals surface area contributed by atoms with Crippen molar-refractivity contribution in [2.75, 3.05) is 5.73 Å². The number of thiazole rings is 1. The molecule has 74 valence electrons. The molecule has 0 aliphatic carbocycles. The van der Waals surface area contributed by atoms with E-state index in [1.807, 2.05) is 18.7 Å². The molecule has 0 fully saturated rings. The maximum atomic E-state index is 5.63. The highest BCUT2D eigenvalue weighted by Crippen LogP contribution is 2.35. The summed E-state index contributed by atoms with van der Waals surface area (Å²) < 4.78 is 1.26. The molecule has 1 atom stereocenters. The van der Waals surface area contributed by atoms with Gasteiger partial charge in [-0.25, -0.2) is 4.98 Å². The van der Waals surface area contributed by atoms with Crippen LogP contribution in [-0.4, -0.2) is 10.2 Å². The van der Waals surface area contributed by atoms with Gasteiger partial charge in [0.2, 0.25) is 0 Å². The van der Waals surface area contributed by atoms with Crippen molar-refractivity contribution in [1.29, 1.82) is 0 Å². The Balaban J connectivity index is 2.68. The van der Waals surface area contributed by atoms with Gasteiger partial charge in [-0.2, -0.15) is 0 Å². The first kappa shape index (κ1) is 10.9. The summed E-state index contributed by atoms with van der Waals surface area (Å²) in [4.78, 5) is 4.20. The summed E-state index contributed by atoms with van der Waals surface area (Å²) in [5.41, 5.74) is 6.69. The van der Waals surface area contributed by atoms with E-state index >= 15 is 0 Å². The van der Waals surface area contributed by atoms with Gasteiger partial charge in [0.25, 0.3) is 0 Å². The predicted molar refractivity (Wildman–Crippen MR) is 61.4 cm³/mol. The van der Waals surface area contributed by atoms with Crippen molar-refractivity contribution < 1.29 is 0 Å². The minimum Gasteiger partial charge on any atom is -0.375 e. The molecule has 1 unspecified atom stereocenters. The maximum Gasteiger partial charge on any atom is 0.181 e. The van der Waals surface area contributed by atoms with E-state index in [4.69, 9.17) is 5.73 Å². The number of rotatable bonds is 3. The minimum absolute atomic E-state index is 0.624. The fraction of sp³-hybridized carbons (Fsp3) is 0.667. The second kappa shape index (κ2) is 4.33. The van der Waals surface area contributed by atoms with E-state index in [1.165, 1.54) is 4.21 Å². The summed E-state index contributed by atoms with van der Waals surface area (Å²) in [6.45, 7) is 8.72. The molecular weight excluding hydrogens is 200 g/mol. The number of thioether (sulfide) groups is 1. The van der Waals surface area contributed by atoms with E-state index in [1.54, 1.807) is 11.3 Å². The highest BCUT2D eigenvalue weighted by atomic mass is 32.2. The van der Waals surface area contributed by atoms with Gasteiger partial charge in [0.05, 0.1) is 9.90 Å². The van der Waals surface area contributed by atoms with Crippen LogP contribution in [0.2, 0.25) is 0 Å². The van der Waals surface area contributed by atoms with Gasteiger partial charge in [-0.1, -0.05) is 32.1 Å². The van der Waals surface area contributed by atoms with Gasteiger partial charge in [0.1, 0.15) is 0 Å². The third kappa shape index (κ3) is 2.88. The zero-order valence-corrected chi connectivity index (χ0v) is 10.1. The third-order valence-corrected chi connectivity index (χ3v) is 4.75. The van der Waals surface area contributed by atoms with E-state index in [9.17, 15) is 0 Å². The molecule has 0 aliphatic rings. The van der Waals surface area contributed by atoms with Crippen molar-refractivity contribution in [1.82, 2.24) is 4.98 Å². The lowest BCUT2D eigenvalue weighted by atomic mass is 10.2. The van der Waals surface area contributed by atoms with Gasteiger partial charge in [0, 0.05) is 5.25 Å². The van der Waals surface area contributed by atoms with Gasteiger partial charge >= 0.3 is 0 Å². The van der Waals surface area contributed by atoms with Gasteiger partial charge in [-0.05, 0) is 12.8 Å². The Kier molecular flexibility index (Phi) is 3.62. The molecule has 13 heavy (non-hydrogen) atoms. The monoisotopic (exact) mass is 216 g/mol. The van der Waals surface area contributed by atoms with E-state index < -0.39 is 0 Å². The van der Waals surface area contributed by atoms with Crippen molar-refractivity contribution >= 4 is 28.2 Å². The van der Waals surface area contributed by atoms with Gasteiger partial charge in [0.15, 0.2) is 5.13 Å². The second-order valence-corrected chi connectivity index (χ2v) is 6.17. The average Bonchev–Trinajstić information content (AvgIpc) is 2.30. The van der Waals surface area contributed by atoms with E-state index in [2.05, 4.69) is 25.8 Å². The Morgan fingerprint density at radius 3 is 2.38 bits per heavy atom. The molecule has 1 rings (SSSR count). The molecule has 2 nitrogen and oxygen atoms in total. The van der Waals surface area contributed by atoms with E-state index in [0.717, 1.165) is 5.69 Å². The lowest BCUT2D eigenvalue weighted by Crippen LogP contribution is -2.04.